The van der Waals surface area contributed by atoms with Crippen LogP contribution >= 0.6 is 0 Å². The second-order valence-corrected chi connectivity index (χ2v) is 3.06. The molecule has 0 aromatic carbocycles. The predicted molar refractivity (Wildman–Crippen MR) is 43.1 cm³/mol. The molecule has 1 amide bonds. The second kappa shape index (κ2) is 4.38. The minimum Gasteiger partial charge on any atom is -0.346 e. The summed E-state index contributed by atoms with van der Waals surface area (Å²) in [6.45, 7) is 5.47. The first kappa shape index (κ1) is 11.3. The van der Waals surface area contributed by atoms with Crippen LogP contribution < -0.4 is 5.32 Å². The van der Waals surface area contributed by atoms with Crippen LogP contribution in [0.4, 0.5) is 8.78 Å². The number of carbonyl (C=O) groups is 1. The van der Waals surface area contributed by atoms with Gasteiger partial charge in [-0.3, -0.25) is 4.79 Å². The largest absolute Gasteiger partial charge is 0.346 e. The monoisotopic (exact) mass is 179 g/mol. The van der Waals surface area contributed by atoms with E-state index in [0.29, 0.717) is 12.8 Å². The van der Waals surface area contributed by atoms with Crippen molar-refractivity contribution < 1.29 is 13.6 Å². The third-order valence-electron chi connectivity index (χ3n) is 2.18. The van der Waals surface area contributed by atoms with Crippen LogP contribution in [0, 0.1) is 0 Å². The maximum Gasteiger partial charge on any atom is 0.315 e. The lowest BCUT2D eigenvalue weighted by atomic mass is 9.95. The first-order chi connectivity index (χ1) is 5.45. The van der Waals surface area contributed by atoms with Crippen molar-refractivity contribution in [1.29, 1.82) is 0 Å². The molecule has 0 radical (unpaired) electrons. The van der Waals surface area contributed by atoms with Crippen LogP contribution in [0.3, 0.4) is 0 Å². The quantitative estimate of drug-likeness (QED) is 0.702. The topological polar surface area (TPSA) is 29.1 Å². The molecule has 0 heterocycles. The molecule has 4 heteroatoms. The molecule has 12 heavy (non-hydrogen) atoms. The molecule has 0 bridgehead atoms. The molecule has 0 aliphatic carbocycles. The van der Waals surface area contributed by atoms with E-state index in [-0.39, 0.29) is 0 Å². The number of carbonyl (C=O) groups excluding carboxylic acids is 1. The Labute approximate surface area is 71.3 Å². The fourth-order valence-electron chi connectivity index (χ4n) is 0.779. The summed E-state index contributed by atoms with van der Waals surface area (Å²) in [7, 11) is 0. The Bertz CT molecular complexity index is 155. The molecule has 0 aromatic heterocycles. The van der Waals surface area contributed by atoms with Gasteiger partial charge in [0.05, 0.1) is 0 Å². The minimum absolute atomic E-state index is 0.493. The van der Waals surface area contributed by atoms with Crippen LogP contribution in [-0.2, 0) is 4.79 Å². The zero-order valence-corrected chi connectivity index (χ0v) is 7.66. The number of hydrogen-bond acceptors (Lipinski definition) is 1. The number of amides is 1. The van der Waals surface area contributed by atoms with Crippen LogP contribution in [0.2, 0.25) is 0 Å². The number of alkyl halides is 2. The van der Waals surface area contributed by atoms with E-state index in [9.17, 15) is 13.6 Å². The molecule has 0 saturated carbocycles. The van der Waals surface area contributed by atoms with Gasteiger partial charge in [0.1, 0.15) is 0 Å². The van der Waals surface area contributed by atoms with E-state index in [4.69, 9.17) is 0 Å². The molecule has 0 aliphatic heterocycles. The van der Waals surface area contributed by atoms with Gasteiger partial charge >= 0.3 is 6.43 Å². The van der Waals surface area contributed by atoms with Gasteiger partial charge in [0, 0.05) is 5.54 Å². The van der Waals surface area contributed by atoms with Crippen LogP contribution in [0.15, 0.2) is 0 Å². The Morgan fingerprint density at radius 3 is 2.08 bits per heavy atom. The maximum absolute atomic E-state index is 11.8. The molecular weight excluding hydrogens is 164 g/mol. The zero-order valence-electron chi connectivity index (χ0n) is 7.66. The number of nitrogens with one attached hydrogen (secondary N) is 1. The van der Waals surface area contributed by atoms with Crippen molar-refractivity contribution in [3.05, 3.63) is 0 Å². The van der Waals surface area contributed by atoms with Crippen LogP contribution in [0.1, 0.15) is 33.6 Å². The van der Waals surface area contributed by atoms with Crippen molar-refractivity contribution in [2.24, 2.45) is 0 Å². The van der Waals surface area contributed by atoms with Gasteiger partial charge in [-0.2, -0.15) is 8.78 Å². The van der Waals surface area contributed by atoms with E-state index < -0.39 is 17.9 Å². The van der Waals surface area contributed by atoms with E-state index in [0.717, 1.165) is 0 Å². The van der Waals surface area contributed by atoms with Crippen LogP contribution in [-0.4, -0.2) is 17.9 Å². The van der Waals surface area contributed by atoms with Crippen molar-refractivity contribution in [3.63, 3.8) is 0 Å². The van der Waals surface area contributed by atoms with Crippen molar-refractivity contribution in [1.82, 2.24) is 5.32 Å². The van der Waals surface area contributed by atoms with Crippen LogP contribution in [0.5, 0.6) is 0 Å². The standard InChI is InChI=1S/C8H15F2NO/c1-4-8(3,5-2)11-7(12)6(9)10/h6H,4-5H2,1-3H3,(H,11,12). The lowest BCUT2D eigenvalue weighted by Crippen LogP contribution is -2.47. The van der Waals surface area contributed by atoms with Crippen molar-refractivity contribution in [3.8, 4) is 0 Å². The van der Waals surface area contributed by atoms with E-state index in [1.165, 1.54) is 0 Å². The summed E-state index contributed by atoms with van der Waals surface area (Å²) in [6, 6.07) is 0. The highest BCUT2D eigenvalue weighted by Gasteiger charge is 2.26. The van der Waals surface area contributed by atoms with Crippen molar-refractivity contribution in [2.45, 2.75) is 45.6 Å². The highest BCUT2D eigenvalue weighted by Crippen LogP contribution is 2.13. The Kier molecular flexibility index (Phi) is 4.13. The number of rotatable bonds is 4. The highest BCUT2D eigenvalue weighted by atomic mass is 19.3. The summed E-state index contributed by atoms with van der Waals surface area (Å²) in [5.74, 6) is -1.18. The summed E-state index contributed by atoms with van der Waals surface area (Å²) in [5, 5.41) is 2.30. The van der Waals surface area contributed by atoms with E-state index in [2.05, 4.69) is 5.32 Å². The second-order valence-electron chi connectivity index (χ2n) is 3.06. The summed E-state index contributed by atoms with van der Waals surface area (Å²) in [4.78, 5) is 10.6. The SMILES string of the molecule is CCC(C)(CC)NC(=O)C(F)F. The molecular formula is C8H15F2NO. The first-order valence-electron chi connectivity index (χ1n) is 4.05. The minimum atomic E-state index is -2.91. The molecule has 0 saturated heterocycles. The summed E-state index contributed by atoms with van der Waals surface area (Å²) < 4.78 is 23.6. The third-order valence-corrected chi connectivity index (χ3v) is 2.18. The molecule has 0 spiro atoms. The van der Waals surface area contributed by atoms with Crippen LogP contribution in [0.25, 0.3) is 0 Å². The molecule has 2 nitrogen and oxygen atoms in total. The molecule has 1 N–H and O–H groups in total. The van der Waals surface area contributed by atoms with Gasteiger partial charge in [0.15, 0.2) is 0 Å². The van der Waals surface area contributed by atoms with Gasteiger partial charge in [0.25, 0.3) is 5.91 Å². The lowest BCUT2D eigenvalue weighted by molar-refractivity contribution is -0.133. The highest BCUT2D eigenvalue weighted by molar-refractivity contribution is 5.79. The van der Waals surface area contributed by atoms with E-state index >= 15 is 0 Å². The third kappa shape index (κ3) is 3.15. The van der Waals surface area contributed by atoms with Gasteiger partial charge in [-0.15, -0.1) is 0 Å². The maximum atomic E-state index is 11.8. The normalized spacial score (nSPS) is 11.8. The summed E-state index contributed by atoms with van der Waals surface area (Å²) in [5.41, 5.74) is -0.493. The Balaban J connectivity index is 4.12. The Morgan fingerprint density at radius 1 is 1.42 bits per heavy atom. The molecule has 0 aliphatic rings. The van der Waals surface area contributed by atoms with Gasteiger partial charge in [-0.1, -0.05) is 13.8 Å². The smallest absolute Gasteiger partial charge is 0.315 e. The van der Waals surface area contributed by atoms with E-state index in [1.807, 2.05) is 13.8 Å². The molecule has 0 rings (SSSR count). The van der Waals surface area contributed by atoms with Gasteiger partial charge in [-0.25, -0.2) is 0 Å². The average Bonchev–Trinajstić information content (AvgIpc) is 2.04. The fourth-order valence-corrected chi connectivity index (χ4v) is 0.779. The van der Waals surface area contributed by atoms with Crippen molar-refractivity contribution in [2.75, 3.05) is 0 Å². The van der Waals surface area contributed by atoms with Crippen molar-refractivity contribution >= 4 is 5.91 Å². The molecule has 0 unspecified atom stereocenters. The first-order valence-corrected chi connectivity index (χ1v) is 4.05. The molecule has 0 aromatic rings. The predicted octanol–water partition coefficient (Wildman–Crippen LogP) is 1.95. The molecule has 72 valence electrons. The number of halogens is 2. The summed E-state index contributed by atoms with van der Waals surface area (Å²) >= 11 is 0. The van der Waals surface area contributed by atoms with Gasteiger partial charge < -0.3 is 5.32 Å². The zero-order chi connectivity index (χ0) is 9.78. The lowest BCUT2D eigenvalue weighted by Gasteiger charge is -2.27. The summed E-state index contributed by atoms with van der Waals surface area (Å²) in [6.07, 6.45) is -1.60. The average molecular weight is 179 g/mol. The van der Waals surface area contributed by atoms with Gasteiger partial charge in [-0.05, 0) is 19.8 Å². The Morgan fingerprint density at radius 2 is 1.83 bits per heavy atom. The Hall–Kier alpha value is -0.670. The molecule has 0 fully saturated rings. The van der Waals surface area contributed by atoms with Gasteiger partial charge in [0.2, 0.25) is 0 Å². The van der Waals surface area contributed by atoms with E-state index in [1.54, 1.807) is 6.92 Å². The fraction of sp³-hybridized carbons (Fsp3) is 0.875. The number of hydrogen-bond donors (Lipinski definition) is 1. The molecule has 0 atom stereocenters.